The number of amides is 1. The second-order valence-electron chi connectivity index (χ2n) is 7.87. The molecule has 0 unspecified atom stereocenters. The number of nitrogens with one attached hydrogen (secondary N) is 2. The maximum absolute atomic E-state index is 12.3. The summed E-state index contributed by atoms with van der Waals surface area (Å²) in [6.07, 6.45) is 13.2. The summed E-state index contributed by atoms with van der Waals surface area (Å²) in [6.45, 7) is 4.74. The van der Waals surface area contributed by atoms with Gasteiger partial charge in [-0.15, -0.1) is 0 Å². The van der Waals surface area contributed by atoms with Crippen LogP contribution < -0.4 is 10.6 Å². The highest BCUT2D eigenvalue weighted by molar-refractivity contribution is 7.07. The van der Waals surface area contributed by atoms with E-state index in [1.807, 2.05) is 24.3 Å². The summed E-state index contributed by atoms with van der Waals surface area (Å²) >= 11 is 1.72. The first-order valence-electron chi connectivity index (χ1n) is 11.4. The van der Waals surface area contributed by atoms with Gasteiger partial charge < -0.3 is 10.6 Å². The molecular formula is C25H38N2OS. The third kappa shape index (κ3) is 10.6. The minimum Gasteiger partial charge on any atom is -0.352 e. The molecule has 0 spiro atoms. The molecule has 1 aromatic heterocycles. The van der Waals surface area contributed by atoms with Gasteiger partial charge in [0, 0.05) is 25.2 Å². The molecule has 4 heteroatoms. The Morgan fingerprint density at radius 1 is 0.793 bits per heavy atom. The van der Waals surface area contributed by atoms with Crippen LogP contribution in [0, 0.1) is 0 Å². The van der Waals surface area contributed by atoms with E-state index < -0.39 is 0 Å². The molecule has 0 radical (unpaired) electrons. The average Bonchev–Trinajstić information content (AvgIpc) is 3.26. The molecular weight excluding hydrogens is 376 g/mol. The third-order valence-electron chi connectivity index (χ3n) is 5.27. The van der Waals surface area contributed by atoms with Crippen molar-refractivity contribution in [2.45, 2.75) is 84.2 Å². The van der Waals surface area contributed by atoms with Crippen LogP contribution in [0.25, 0.3) is 0 Å². The van der Waals surface area contributed by atoms with Crippen molar-refractivity contribution < 1.29 is 4.79 Å². The number of hydrogen-bond donors (Lipinski definition) is 2. The Bertz CT molecular complexity index is 652. The van der Waals surface area contributed by atoms with E-state index in [4.69, 9.17) is 0 Å². The Balaban J connectivity index is 1.49. The van der Waals surface area contributed by atoms with Crippen molar-refractivity contribution >= 4 is 17.2 Å². The van der Waals surface area contributed by atoms with Gasteiger partial charge in [-0.3, -0.25) is 4.79 Å². The lowest BCUT2D eigenvalue weighted by molar-refractivity contribution is 0.0953. The number of unbranched alkanes of at least 4 members (excludes halogenated alkanes) is 9. The van der Waals surface area contributed by atoms with Crippen LogP contribution in [-0.4, -0.2) is 12.5 Å². The Hall–Kier alpha value is -1.65. The van der Waals surface area contributed by atoms with Crippen molar-refractivity contribution in [2.24, 2.45) is 0 Å². The summed E-state index contributed by atoms with van der Waals surface area (Å²) in [5, 5.41) is 10.7. The predicted molar refractivity (Wildman–Crippen MR) is 125 cm³/mol. The van der Waals surface area contributed by atoms with Crippen molar-refractivity contribution in [3.8, 4) is 0 Å². The van der Waals surface area contributed by atoms with Crippen LogP contribution in [-0.2, 0) is 13.1 Å². The second kappa shape index (κ2) is 15.2. The van der Waals surface area contributed by atoms with E-state index in [1.165, 1.54) is 68.9 Å². The number of carbonyl (C=O) groups excluding carboxylic acids is 1. The maximum atomic E-state index is 12.3. The van der Waals surface area contributed by atoms with E-state index in [2.05, 4.69) is 34.4 Å². The summed E-state index contributed by atoms with van der Waals surface area (Å²) in [4.78, 5) is 12.3. The number of thiophene rings is 1. The Labute approximate surface area is 181 Å². The van der Waals surface area contributed by atoms with Crippen molar-refractivity contribution in [1.82, 2.24) is 10.6 Å². The molecule has 0 aliphatic carbocycles. The minimum absolute atomic E-state index is 0.0405. The van der Waals surface area contributed by atoms with Crippen molar-refractivity contribution in [1.29, 1.82) is 0 Å². The molecule has 1 amide bonds. The van der Waals surface area contributed by atoms with Gasteiger partial charge in [-0.05, 0) is 46.5 Å². The Kier molecular flexibility index (Phi) is 12.4. The first-order valence-corrected chi connectivity index (χ1v) is 12.3. The van der Waals surface area contributed by atoms with E-state index >= 15 is 0 Å². The normalized spacial score (nSPS) is 10.9. The zero-order chi connectivity index (χ0) is 20.6. The van der Waals surface area contributed by atoms with Crippen LogP contribution >= 0.6 is 11.3 Å². The van der Waals surface area contributed by atoms with E-state index in [1.54, 1.807) is 11.3 Å². The molecule has 1 aromatic carbocycles. The van der Waals surface area contributed by atoms with E-state index in [0.717, 1.165) is 31.6 Å². The fourth-order valence-corrected chi connectivity index (χ4v) is 4.10. The lowest BCUT2D eigenvalue weighted by Crippen LogP contribution is -2.24. The fraction of sp³-hybridized carbons (Fsp3) is 0.560. The Morgan fingerprint density at radius 3 is 2.03 bits per heavy atom. The summed E-state index contributed by atoms with van der Waals surface area (Å²) in [5.74, 6) is 0.0405. The van der Waals surface area contributed by atoms with Gasteiger partial charge in [-0.2, -0.15) is 11.3 Å². The molecule has 0 saturated carbocycles. The van der Waals surface area contributed by atoms with Crippen LogP contribution in [0.3, 0.4) is 0 Å². The first-order chi connectivity index (χ1) is 14.3. The van der Waals surface area contributed by atoms with Crippen LogP contribution in [0.1, 0.15) is 92.6 Å². The number of carbonyl (C=O) groups is 1. The molecule has 0 fully saturated rings. The number of benzene rings is 1. The standard InChI is InChI=1S/C25H38N2OS/c1-2-3-4-5-6-7-8-9-10-11-17-27-25(28)24-14-12-22(13-15-24)19-26-20-23-16-18-29-21-23/h12-16,18,21,26H,2-11,17,19-20H2,1H3,(H,27,28). The molecule has 2 N–H and O–H groups in total. The van der Waals surface area contributed by atoms with Crippen molar-refractivity contribution in [3.63, 3.8) is 0 Å². The van der Waals surface area contributed by atoms with E-state index in [0.29, 0.717) is 0 Å². The van der Waals surface area contributed by atoms with Crippen LogP contribution in [0.5, 0.6) is 0 Å². The molecule has 1 heterocycles. The fourth-order valence-electron chi connectivity index (χ4n) is 3.43. The first kappa shape index (κ1) is 23.6. The molecule has 0 saturated heterocycles. The highest BCUT2D eigenvalue weighted by Crippen LogP contribution is 2.11. The van der Waals surface area contributed by atoms with Gasteiger partial charge in [-0.25, -0.2) is 0 Å². The summed E-state index contributed by atoms with van der Waals surface area (Å²) < 4.78 is 0. The molecule has 2 aromatic rings. The topological polar surface area (TPSA) is 41.1 Å². The molecule has 0 atom stereocenters. The van der Waals surface area contributed by atoms with Crippen LogP contribution in [0.2, 0.25) is 0 Å². The zero-order valence-electron chi connectivity index (χ0n) is 18.1. The lowest BCUT2D eigenvalue weighted by atomic mass is 10.1. The minimum atomic E-state index is 0.0405. The summed E-state index contributed by atoms with van der Waals surface area (Å²) in [6, 6.07) is 10.1. The maximum Gasteiger partial charge on any atom is 0.251 e. The smallest absolute Gasteiger partial charge is 0.251 e. The van der Waals surface area contributed by atoms with Gasteiger partial charge in [0.25, 0.3) is 5.91 Å². The zero-order valence-corrected chi connectivity index (χ0v) is 18.9. The van der Waals surface area contributed by atoms with Crippen molar-refractivity contribution in [2.75, 3.05) is 6.54 Å². The quantitative estimate of drug-likeness (QED) is 0.300. The number of rotatable bonds is 16. The monoisotopic (exact) mass is 414 g/mol. The molecule has 29 heavy (non-hydrogen) atoms. The van der Waals surface area contributed by atoms with Gasteiger partial charge in [0.15, 0.2) is 0 Å². The van der Waals surface area contributed by atoms with Gasteiger partial charge >= 0.3 is 0 Å². The molecule has 160 valence electrons. The highest BCUT2D eigenvalue weighted by atomic mass is 32.1. The average molecular weight is 415 g/mol. The second-order valence-corrected chi connectivity index (χ2v) is 8.65. The predicted octanol–water partition coefficient (Wildman–Crippen LogP) is 6.69. The van der Waals surface area contributed by atoms with Crippen molar-refractivity contribution in [3.05, 3.63) is 57.8 Å². The third-order valence-corrected chi connectivity index (χ3v) is 6.00. The molecule has 3 nitrogen and oxygen atoms in total. The van der Waals surface area contributed by atoms with Gasteiger partial charge in [0.1, 0.15) is 0 Å². The van der Waals surface area contributed by atoms with Crippen LogP contribution in [0.4, 0.5) is 0 Å². The highest BCUT2D eigenvalue weighted by Gasteiger charge is 2.04. The molecule has 2 rings (SSSR count). The van der Waals surface area contributed by atoms with Gasteiger partial charge in [0.05, 0.1) is 0 Å². The van der Waals surface area contributed by atoms with E-state index in [-0.39, 0.29) is 5.91 Å². The van der Waals surface area contributed by atoms with Gasteiger partial charge in [0.2, 0.25) is 0 Å². The Morgan fingerprint density at radius 2 is 1.41 bits per heavy atom. The van der Waals surface area contributed by atoms with E-state index in [9.17, 15) is 4.79 Å². The van der Waals surface area contributed by atoms with Gasteiger partial charge in [-0.1, -0.05) is 76.8 Å². The van der Waals surface area contributed by atoms with Crippen LogP contribution in [0.15, 0.2) is 41.1 Å². The molecule has 0 aliphatic heterocycles. The summed E-state index contributed by atoms with van der Waals surface area (Å²) in [7, 11) is 0. The number of hydrogen-bond acceptors (Lipinski definition) is 3. The SMILES string of the molecule is CCCCCCCCCCCCNC(=O)c1ccc(CNCc2ccsc2)cc1. The summed E-state index contributed by atoms with van der Waals surface area (Å²) in [5.41, 5.74) is 3.27. The largest absolute Gasteiger partial charge is 0.352 e. The molecule has 0 bridgehead atoms. The molecule has 0 aliphatic rings. The lowest BCUT2D eigenvalue weighted by Gasteiger charge is -2.07.